The number of nitrogens with zero attached hydrogens (tertiary/aromatic N) is 1. The van der Waals surface area contributed by atoms with Gasteiger partial charge in [-0.05, 0) is 22.9 Å². The lowest BCUT2D eigenvalue weighted by Crippen LogP contribution is -2.37. The third-order valence-corrected chi connectivity index (χ3v) is 3.31. The molecule has 1 aromatic rings. The van der Waals surface area contributed by atoms with Crippen LogP contribution in [0.25, 0.3) is 0 Å². The van der Waals surface area contributed by atoms with E-state index in [2.05, 4.69) is 20.9 Å². The fourth-order valence-electron chi connectivity index (χ4n) is 1.04. The minimum Gasteiger partial charge on any atom is -0.480 e. The summed E-state index contributed by atoms with van der Waals surface area (Å²) in [7, 11) is 0. The predicted octanol–water partition coefficient (Wildman–Crippen LogP) is 2.42. The monoisotopic (exact) mass is 324 g/mol. The summed E-state index contributed by atoms with van der Waals surface area (Å²) >= 11 is 4.51. The van der Waals surface area contributed by atoms with Gasteiger partial charge in [0, 0.05) is 12.0 Å². The van der Waals surface area contributed by atoms with E-state index in [0.29, 0.717) is 16.2 Å². The summed E-state index contributed by atoms with van der Waals surface area (Å²) in [6.45, 7) is 6.17. The van der Waals surface area contributed by atoms with Crippen LogP contribution in [0.1, 0.15) is 31.9 Å². The molecule has 2 atom stereocenters. The maximum Gasteiger partial charge on any atom is 0.323 e. The highest BCUT2D eigenvalue weighted by atomic mass is 79.9. The number of carboxylic acid groups (broad SMARTS) is 1. The van der Waals surface area contributed by atoms with E-state index in [1.165, 1.54) is 11.3 Å². The van der Waals surface area contributed by atoms with Gasteiger partial charge in [-0.25, -0.2) is 4.98 Å². The highest BCUT2D eigenvalue weighted by molar-refractivity contribution is 9.10. The van der Waals surface area contributed by atoms with Gasteiger partial charge in [-0.3, -0.25) is 4.79 Å². The summed E-state index contributed by atoms with van der Waals surface area (Å²) in [6, 6.07) is -1.09. The molecule has 0 aliphatic carbocycles. The standard InChI is InChI=1S/C8H11BrN2O3S.C2H6/c1-2-14-6(5(10)8(12)13)7-11-4(9)3-15-7;1-2/h3,5-6H,2,10H2,1H3,(H,12,13);1-2H3. The Bertz CT molecular complexity index is 346. The van der Waals surface area contributed by atoms with E-state index in [9.17, 15) is 4.79 Å². The molecule has 1 heterocycles. The third kappa shape index (κ3) is 5.12. The molecule has 0 saturated heterocycles. The molecule has 1 aromatic heterocycles. The summed E-state index contributed by atoms with van der Waals surface area (Å²) in [4.78, 5) is 14.9. The van der Waals surface area contributed by atoms with Crippen LogP contribution in [-0.4, -0.2) is 28.7 Å². The number of halogens is 1. The van der Waals surface area contributed by atoms with Gasteiger partial charge in [-0.2, -0.15) is 0 Å². The highest BCUT2D eigenvalue weighted by Gasteiger charge is 2.28. The molecule has 0 spiro atoms. The normalized spacial score (nSPS) is 13.5. The van der Waals surface area contributed by atoms with Crippen LogP contribution in [0.2, 0.25) is 0 Å². The molecule has 0 amide bonds. The molecule has 0 radical (unpaired) electrons. The first-order valence-electron chi connectivity index (χ1n) is 5.27. The summed E-state index contributed by atoms with van der Waals surface area (Å²) < 4.78 is 5.94. The van der Waals surface area contributed by atoms with Gasteiger partial charge in [0.05, 0.1) is 0 Å². The highest BCUT2D eigenvalue weighted by Crippen LogP contribution is 2.26. The van der Waals surface area contributed by atoms with E-state index in [-0.39, 0.29) is 0 Å². The Morgan fingerprint density at radius 1 is 1.71 bits per heavy atom. The molecule has 2 unspecified atom stereocenters. The largest absolute Gasteiger partial charge is 0.480 e. The lowest BCUT2D eigenvalue weighted by molar-refractivity contribution is -0.142. The van der Waals surface area contributed by atoms with E-state index in [1.54, 1.807) is 12.3 Å². The van der Waals surface area contributed by atoms with Crippen molar-refractivity contribution < 1.29 is 14.6 Å². The SMILES string of the molecule is CC.CCOC(c1nc(Br)cs1)C(N)C(=O)O. The van der Waals surface area contributed by atoms with Crippen LogP contribution in [0.5, 0.6) is 0 Å². The molecule has 0 aliphatic heterocycles. The summed E-state index contributed by atoms with van der Waals surface area (Å²) in [6.07, 6.45) is -0.691. The Hall–Kier alpha value is -0.500. The Morgan fingerprint density at radius 3 is 2.65 bits per heavy atom. The number of nitrogens with two attached hydrogens (primary N) is 1. The van der Waals surface area contributed by atoms with Gasteiger partial charge >= 0.3 is 5.97 Å². The van der Waals surface area contributed by atoms with Gasteiger partial charge in [0.2, 0.25) is 0 Å². The Kier molecular flexibility index (Phi) is 8.32. The second kappa shape index (κ2) is 8.57. The van der Waals surface area contributed by atoms with Gasteiger partial charge in [-0.1, -0.05) is 13.8 Å². The maximum atomic E-state index is 10.8. The van der Waals surface area contributed by atoms with Crippen molar-refractivity contribution in [2.75, 3.05) is 6.61 Å². The number of carboxylic acids is 1. The summed E-state index contributed by atoms with van der Waals surface area (Å²) in [5, 5.41) is 11.1. The Labute approximate surface area is 113 Å². The molecule has 0 saturated carbocycles. The number of hydrogen-bond donors (Lipinski definition) is 2. The zero-order valence-corrected chi connectivity index (χ0v) is 12.4. The lowest BCUT2D eigenvalue weighted by Gasteiger charge is -2.18. The number of ether oxygens (including phenoxy) is 1. The second-order valence-corrected chi connectivity index (χ2v) is 4.45. The third-order valence-electron chi connectivity index (χ3n) is 1.69. The van der Waals surface area contributed by atoms with Crippen LogP contribution >= 0.6 is 27.3 Å². The molecule has 0 aliphatic rings. The summed E-state index contributed by atoms with van der Waals surface area (Å²) in [5.41, 5.74) is 5.51. The zero-order valence-electron chi connectivity index (χ0n) is 10.0. The van der Waals surface area contributed by atoms with E-state index in [1.807, 2.05) is 13.8 Å². The molecule has 17 heavy (non-hydrogen) atoms. The first kappa shape index (κ1) is 16.5. The smallest absolute Gasteiger partial charge is 0.323 e. The van der Waals surface area contributed by atoms with Crippen molar-refractivity contribution in [1.82, 2.24) is 4.98 Å². The summed E-state index contributed by atoms with van der Waals surface area (Å²) in [5.74, 6) is -1.10. The van der Waals surface area contributed by atoms with E-state index in [4.69, 9.17) is 15.6 Å². The molecule has 5 nitrogen and oxygen atoms in total. The Balaban J connectivity index is 0.00000121. The first-order valence-corrected chi connectivity index (χ1v) is 6.94. The molecule has 98 valence electrons. The van der Waals surface area contributed by atoms with Crippen molar-refractivity contribution in [3.63, 3.8) is 0 Å². The lowest BCUT2D eigenvalue weighted by atomic mass is 10.2. The molecular formula is C10H17BrN2O3S. The fourth-order valence-corrected chi connectivity index (χ4v) is 2.39. The fraction of sp³-hybridized carbons (Fsp3) is 0.600. The van der Waals surface area contributed by atoms with Crippen molar-refractivity contribution in [2.45, 2.75) is 32.9 Å². The molecule has 1 rings (SSSR count). The number of aliphatic carboxylic acids is 1. The van der Waals surface area contributed by atoms with Crippen LogP contribution in [0.15, 0.2) is 9.98 Å². The number of carbonyl (C=O) groups is 1. The van der Waals surface area contributed by atoms with Gasteiger partial charge in [0.1, 0.15) is 21.8 Å². The van der Waals surface area contributed by atoms with Crippen LogP contribution in [0, 0.1) is 0 Å². The molecule has 7 heteroatoms. The van der Waals surface area contributed by atoms with Crippen molar-refractivity contribution in [2.24, 2.45) is 5.73 Å². The first-order chi connectivity index (χ1) is 8.06. The average molecular weight is 325 g/mol. The maximum absolute atomic E-state index is 10.8. The van der Waals surface area contributed by atoms with Gasteiger partial charge in [-0.15, -0.1) is 11.3 Å². The van der Waals surface area contributed by atoms with E-state index < -0.39 is 18.1 Å². The zero-order chi connectivity index (χ0) is 13.4. The average Bonchev–Trinajstić information content (AvgIpc) is 2.74. The van der Waals surface area contributed by atoms with Crippen molar-refractivity contribution >= 4 is 33.2 Å². The molecule has 3 N–H and O–H groups in total. The van der Waals surface area contributed by atoms with Crippen molar-refractivity contribution in [3.05, 3.63) is 15.0 Å². The van der Waals surface area contributed by atoms with Gasteiger partial charge in [0.15, 0.2) is 0 Å². The quantitative estimate of drug-likeness (QED) is 0.868. The minimum atomic E-state index is -1.10. The molecule has 0 bridgehead atoms. The number of rotatable bonds is 5. The van der Waals surface area contributed by atoms with Crippen molar-refractivity contribution in [1.29, 1.82) is 0 Å². The number of thiazole rings is 1. The van der Waals surface area contributed by atoms with Crippen LogP contribution < -0.4 is 5.73 Å². The molecule has 0 aromatic carbocycles. The van der Waals surface area contributed by atoms with Crippen molar-refractivity contribution in [3.8, 4) is 0 Å². The number of aromatic nitrogens is 1. The minimum absolute atomic E-state index is 0.392. The number of hydrogen-bond acceptors (Lipinski definition) is 5. The molecule has 0 fully saturated rings. The van der Waals surface area contributed by atoms with Crippen LogP contribution in [0.4, 0.5) is 0 Å². The van der Waals surface area contributed by atoms with Crippen LogP contribution in [-0.2, 0) is 9.53 Å². The second-order valence-electron chi connectivity index (χ2n) is 2.75. The van der Waals surface area contributed by atoms with Gasteiger partial charge in [0.25, 0.3) is 0 Å². The predicted molar refractivity (Wildman–Crippen MR) is 71.1 cm³/mol. The molecular weight excluding hydrogens is 308 g/mol. The topological polar surface area (TPSA) is 85.4 Å². The van der Waals surface area contributed by atoms with E-state index in [0.717, 1.165) is 0 Å². The Morgan fingerprint density at radius 2 is 2.29 bits per heavy atom. The van der Waals surface area contributed by atoms with Gasteiger partial charge < -0.3 is 15.6 Å². The van der Waals surface area contributed by atoms with Crippen LogP contribution in [0.3, 0.4) is 0 Å². The van der Waals surface area contributed by atoms with E-state index >= 15 is 0 Å².